The summed E-state index contributed by atoms with van der Waals surface area (Å²) in [4.78, 5) is 27.4. The Balaban J connectivity index is 1.71. The van der Waals surface area contributed by atoms with Crippen LogP contribution in [0.25, 0.3) is 0 Å². The summed E-state index contributed by atoms with van der Waals surface area (Å²) in [6.07, 6.45) is 1.55. The first-order valence-electron chi connectivity index (χ1n) is 9.40. The topological polar surface area (TPSA) is 58.6 Å². The van der Waals surface area contributed by atoms with Gasteiger partial charge < -0.3 is 15.0 Å². The minimum absolute atomic E-state index is 0.0267. The number of methoxy groups -OCH3 is 1. The summed E-state index contributed by atoms with van der Waals surface area (Å²) in [5.41, 5.74) is 3.16. The van der Waals surface area contributed by atoms with Crippen LogP contribution in [0, 0.1) is 19.8 Å². The number of rotatable bonds is 4. The molecule has 6 heteroatoms. The molecule has 1 unspecified atom stereocenters. The lowest BCUT2D eigenvalue weighted by molar-refractivity contribution is -0.121. The lowest BCUT2D eigenvalue weighted by Gasteiger charge is -2.32. The Morgan fingerprint density at radius 2 is 2.00 bits per heavy atom. The molecule has 2 aromatic carbocycles. The van der Waals surface area contributed by atoms with Gasteiger partial charge in [0.1, 0.15) is 5.75 Å². The second-order valence-electron chi connectivity index (χ2n) is 7.25. The number of nitrogens with one attached hydrogen (secondary N) is 1. The number of hydrogen-bond donors (Lipinski definition) is 1. The van der Waals surface area contributed by atoms with Crippen LogP contribution in [0.1, 0.15) is 34.3 Å². The Morgan fingerprint density at radius 1 is 1.21 bits per heavy atom. The van der Waals surface area contributed by atoms with E-state index in [4.69, 9.17) is 16.3 Å². The Morgan fingerprint density at radius 3 is 2.71 bits per heavy atom. The van der Waals surface area contributed by atoms with Crippen molar-refractivity contribution in [1.82, 2.24) is 4.90 Å². The Labute approximate surface area is 170 Å². The monoisotopic (exact) mass is 400 g/mol. The molecule has 148 valence electrons. The molecule has 0 radical (unpaired) electrons. The van der Waals surface area contributed by atoms with E-state index in [0.717, 1.165) is 24.0 Å². The van der Waals surface area contributed by atoms with Crippen molar-refractivity contribution < 1.29 is 14.3 Å². The maximum Gasteiger partial charge on any atom is 0.253 e. The van der Waals surface area contributed by atoms with E-state index in [0.29, 0.717) is 35.1 Å². The van der Waals surface area contributed by atoms with Gasteiger partial charge >= 0.3 is 0 Å². The van der Waals surface area contributed by atoms with Crippen LogP contribution < -0.4 is 10.1 Å². The number of nitrogens with zero attached hydrogens (tertiary/aromatic N) is 1. The van der Waals surface area contributed by atoms with E-state index in [-0.39, 0.29) is 17.7 Å². The highest BCUT2D eigenvalue weighted by atomic mass is 35.5. The Hall–Kier alpha value is -2.53. The zero-order valence-electron chi connectivity index (χ0n) is 16.4. The summed E-state index contributed by atoms with van der Waals surface area (Å²) >= 11 is 6.14. The van der Waals surface area contributed by atoms with Gasteiger partial charge in [-0.3, -0.25) is 9.59 Å². The number of likely N-dealkylation sites (tertiary alicyclic amines) is 1. The summed E-state index contributed by atoms with van der Waals surface area (Å²) in [6.45, 7) is 4.92. The van der Waals surface area contributed by atoms with Crippen molar-refractivity contribution in [3.63, 3.8) is 0 Å². The predicted octanol–water partition coefficient (Wildman–Crippen LogP) is 4.46. The molecule has 2 aromatic rings. The molecular formula is C22H25ClN2O3. The molecule has 2 amide bonds. The lowest BCUT2D eigenvalue weighted by Crippen LogP contribution is -2.43. The summed E-state index contributed by atoms with van der Waals surface area (Å²) in [7, 11) is 1.54. The number of carbonyl (C=O) groups is 2. The van der Waals surface area contributed by atoms with Crippen molar-refractivity contribution in [2.75, 3.05) is 25.5 Å². The largest absolute Gasteiger partial charge is 0.495 e. The second kappa shape index (κ2) is 8.65. The predicted molar refractivity (Wildman–Crippen MR) is 111 cm³/mol. The minimum Gasteiger partial charge on any atom is -0.495 e. The van der Waals surface area contributed by atoms with E-state index in [1.807, 2.05) is 38.1 Å². The van der Waals surface area contributed by atoms with Crippen molar-refractivity contribution in [3.8, 4) is 5.75 Å². The number of hydrogen-bond acceptors (Lipinski definition) is 3. The molecule has 1 aliphatic heterocycles. The lowest BCUT2D eigenvalue weighted by atomic mass is 9.96. The SMILES string of the molecule is COc1cc(Cl)c(C)cc1NC(=O)C1CCCN(C(=O)c2cccc(C)c2)C1. The smallest absolute Gasteiger partial charge is 0.253 e. The van der Waals surface area contributed by atoms with Gasteiger partial charge in [0.05, 0.1) is 18.7 Å². The van der Waals surface area contributed by atoms with Gasteiger partial charge in [0.2, 0.25) is 5.91 Å². The highest BCUT2D eigenvalue weighted by Gasteiger charge is 2.29. The number of amides is 2. The van der Waals surface area contributed by atoms with Crippen LogP contribution in [-0.2, 0) is 4.79 Å². The summed E-state index contributed by atoms with van der Waals surface area (Å²) in [6, 6.07) is 11.0. The van der Waals surface area contributed by atoms with Gasteiger partial charge in [-0.1, -0.05) is 29.3 Å². The number of benzene rings is 2. The first kappa shape index (κ1) is 20.2. The van der Waals surface area contributed by atoms with E-state index in [2.05, 4.69) is 5.32 Å². The van der Waals surface area contributed by atoms with Gasteiger partial charge in [-0.15, -0.1) is 0 Å². The van der Waals surface area contributed by atoms with E-state index in [1.54, 1.807) is 24.1 Å². The first-order chi connectivity index (χ1) is 13.4. The number of carbonyl (C=O) groups excluding carboxylic acids is 2. The number of ether oxygens (including phenoxy) is 1. The molecule has 1 fully saturated rings. The molecule has 28 heavy (non-hydrogen) atoms. The van der Waals surface area contributed by atoms with Crippen LogP contribution >= 0.6 is 11.6 Å². The molecule has 1 aliphatic rings. The molecular weight excluding hydrogens is 376 g/mol. The van der Waals surface area contributed by atoms with Gasteiger partial charge in [0.25, 0.3) is 5.91 Å². The molecule has 0 saturated carbocycles. The van der Waals surface area contributed by atoms with Gasteiger partial charge in [-0.2, -0.15) is 0 Å². The summed E-state index contributed by atoms with van der Waals surface area (Å²) < 4.78 is 5.33. The number of piperidine rings is 1. The van der Waals surface area contributed by atoms with Crippen molar-refractivity contribution >= 4 is 29.1 Å². The molecule has 5 nitrogen and oxygen atoms in total. The highest BCUT2D eigenvalue weighted by molar-refractivity contribution is 6.31. The van der Waals surface area contributed by atoms with Gasteiger partial charge in [-0.25, -0.2) is 0 Å². The summed E-state index contributed by atoms with van der Waals surface area (Å²) in [5.74, 6) is 0.124. The zero-order valence-corrected chi connectivity index (χ0v) is 17.2. The molecule has 0 bridgehead atoms. The fraction of sp³-hybridized carbons (Fsp3) is 0.364. The third kappa shape index (κ3) is 4.47. The average molecular weight is 401 g/mol. The first-order valence-corrected chi connectivity index (χ1v) is 9.77. The van der Waals surface area contributed by atoms with Crippen LogP contribution in [0.2, 0.25) is 5.02 Å². The third-order valence-corrected chi connectivity index (χ3v) is 5.49. The highest BCUT2D eigenvalue weighted by Crippen LogP contribution is 2.32. The van der Waals surface area contributed by atoms with Crippen LogP contribution in [0.15, 0.2) is 36.4 Å². The van der Waals surface area contributed by atoms with E-state index in [1.165, 1.54) is 0 Å². The normalized spacial score (nSPS) is 16.6. The molecule has 3 rings (SSSR count). The number of aryl methyl sites for hydroxylation is 2. The second-order valence-corrected chi connectivity index (χ2v) is 7.66. The maximum absolute atomic E-state index is 12.9. The van der Waals surface area contributed by atoms with Crippen LogP contribution in [0.4, 0.5) is 5.69 Å². The van der Waals surface area contributed by atoms with Crippen LogP contribution in [0.3, 0.4) is 0 Å². The molecule has 1 heterocycles. The quantitative estimate of drug-likeness (QED) is 0.824. The number of anilines is 1. The summed E-state index contributed by atoms with van der Waals surface area (Å²) in [5, 5.41) is 3.53. The zero-order chi connectivity index (χ0) is 20.3. The molecule has 1 N–H and O–H groups in total. The third-order valence-electron chi connectivity index (χ3n) is 5.08. The van der Waals surface area contributed by atoms with Gasteiger partial charge in [-0.05, 0) is 50.5 Å². The van der Waals surface area contributed by atoms with Crippen molar-refractivity contribution in [2.24, 2.45) is 5.92 Å². The molecule has 1 saturated heterocycles. The van der Waals surface area contributed by atoms with Crippen LogP contribution in [-0.4, -0.2) is 36.9 Å². The fourth-order valence-corrected chi connectivity index (χ4v) is 3.65. The van der Waals surface area contributed by atoms with Crippen molar-refractivity contribution in [2.45, 2.75) is 26.7 Å². The Kier molecular flexibility index (Phi) is 6.25. The van der Waals surface area contributed by atoms with Gasteiger partial charge in [0.15, 0.2) is 0 Å². The van der Waals surface area contributed by atoms with E-state index >= 15 is 0 Å². The van der Waals surface area contributed by atoms with Crippen LogP contribution in [0.5, 0.6) is 5.75 Å². The van der Waals surface area contributed by atoms with E-state index in [9.17, 15) is 9.59 Å². The number of halogens is 1. The molecule has 0 spiro atoms. The Bertz CT molecular complexity index is 897. The van der Waals surface area contributed by atoms with Gasteiger partial charge in [0, 0.05) is 29.7 Å². The van der Waals surface area contributed by atoms with Crippen molar-refractivity contribution in [1.29, 1.82) is 0 Å². The van der Waals surface area contributed by atoms with E-state index < -0.39 is 0 Å². The van der Waals surface area contributed by atoms with Crippen molar-refractivity contribution in [3.05, 3.63) is 58.1 Å². The standard InChI is InChI=1S/C22H25ClN2O3/c1-14-6-4-7-16(10-14)22(27)25-9-5-8-17(13-25)21(26)24-19-11-15(2)18(23)12-20(19)28-3/h4,6-7,10-12,17H,5,8-9,13H2,1-3H3,(H,24,26). The maximum atomic E-state index is 12.9. The fourth-order valence-electron chi connectivity index (χ4n) is 3.50. The minimum atomic E-state index is -0.261. The average Bonchev–Trinajstić information content (AvgIpc) is 2.70. The molecule has 1 atom stereocenters. The molecule has 0 aliphatic carbocycles. The molecule has 0 aromatic heterocycles.